The number of amides is 1. The fraction of sp³-hybridized carbons (Fsp3) is 0.190. The van der Waals surface area contributed by atoms with E-state index in [4.69, 9.17) is 11.6 Å². The largest absolute Gasteiger partial charge is 0.390 e. The zero-order valence-corrected chi connectivity index (χ0v) is 17.1. The molecule has 0 aliphatic rings. The molecular weight excluding hydrogens is 395 g/mol. The van der Waals surface area contributed by atoms with Crippen LogP contribution in [0.3, 0.4) is 0 Å². The molecular formula is C21H22ClFN4O2. The predicted octanol–water partition coefficient (Wildman–Crippen LogP) is 4.37. The quantitative estimate of drug-likeness (QED) is 0.338. The number of anilines is 2. The van der Waals surface area contributed by atoms with Crippen molar-refractivity contribution in [1.29, 1.82) is 0 Å². The third-order valence-corrected chi connectivity index (χ3v) is 4.29. The van der Waals surface area contributed by atoms with E-state index in [9.17, 15) is 14.0 Å². The highest BCUT2D eigenvalue weighted by Gasteiger charge is 2.10. The van der Waals surface area contributed by atoms with Crippen molar-refractivity contribution < 1.29 is 14.0 Å². The van der Waals surface area contributed by atoms with Crippen molar-refractivity contribution in [3.63, 3.8) is 0 Å². The lowest BCUT2D eigenvalue weighted by molar-refractivity contribution is -0.114. The van der Waals surface area contributed by atoms with Gasteiger partial charge in [-0.1, -0.05) is 24.6 Å². The summed E-state index contributed by atoms with van der Waals surface area (Å²) in [4.78, 5) is 27.1. The van der Waals surface area contributed by atoms with E-state index < -0.39 is 5.82 Å². The van der Waals surface area contributed by atoms with E-state index in [0.717, 1.165) is 5.70 Å². The van der Waals surface area contributed by atoms with Crippen LogP contribution in [0.15, 0.2) is 54.0 Å². The van der Waals surface area contributed by atoms with E-state index >= 15 is 0 Å². The van der Waals surface area contributed by atoms with Gasteiger partial charge in [0.25, 0.3) is 0 Å². The fourth-order valence-corrected chi connectivity index (χ4v) is 2.81. The Hall–Kier alpha value is -3.19. The van der Waals surface area contributed by atoms with Crippen LogP contribution in [-0.2, 0) is 9.59 Å². The van der Waals surface area contributed by atoms with Gasteiger partial charge >= 0.3 is 0 Å². The van der Waals surface area contributed by atoms with Crippen molar-refractivity contribution in [1.82, 2.24) is 10.3 Å². The number of hydrogen-bond donors (Lipinski definition) is 3. The van der Waals surface area contributed by atoms with Crippen LogP contribution in [0.1, 0.15) is 25.8 Å². The van der Waals surface area contributed by atoms with Gasteiger partial charge in [-0.3, -0.25) is 9.59 Å². The molecule has 0 aliphatic heterocycles. The van der Waals surface area contributed by atoms with Gasteiger partial charge in [0.15, 0.2) is 6.29 Å². The topological polar surface area (TPSA) is 83.1 Å². The van der Waals surface area contributed by atoms with E-state index in [1.54, 1.807) is 31.5 Å². The number of rotatable bonds is 8. The van der Waals surface area contributed by atoms with Crippen molar-refractivity contribution in [3.05, 3.63) is 70.4 Å². The van der Waals surface area contributed by atoms with Crippen LogP contribution in [-0.4, -0.2) is 24.2 Å². The third-order valence-electron chi connectivity index (χ3n) is 4.00. The summed E-state index contributed by atoms with van der Waals surface area (Å²) in [5.74, 6) is -0.387. The molecule has 152 valence electrons. The molecule has 0 atom stereocenters. The molecule has 0 aliphatic carbocycles. The number of nitrogens with one attached hydrogen (secondary N) is 3. The first kappa shape index (κ1) is 22.1. The number of nitrogens with zero attached hydrogens (tertiary/aromatic N) is 1. The van der Waals surface area contributed by atoms with Gasteiger partial charge in [-0.25, -0.2) is 9.37 Å². The Balaban J connectivity index is 2.46. The summed E-state index contributed by atoms with van der Waals surface area (Å²) in [5, 5.41) is 8.90. The van der Waals surface area contributed by atoms with Crippen LogP contribution in [0.5, 0.6) is 0 Å². The van der Waals surface area contributed by atoms with Crippen molar-refractivity contribution in [2.45, 2.75) is 20.3 Å². The molecule has 1 aromatic carbocycles. The van der Waals surface area contributed by atoms with Gasteiger partial charge in [-0.05, 0) is 36.3 Å². The molecule has 0 spiro atoms. The predicted molar refractivity (Wildman–Crippen MR) is 114 cm³/mol. The lowest BCUT2D eigenvalue weighted by atomic mass is 10.0. The first-order valence-electron chi connectivity index (χ1n) is 8.91. The van der Waals surface area contributed by atoms with Gasteiger partial charge in [0.05, 0.1) is 10.7 Å². The SMILES string of the molecule is CC/C(NC)=C(/C=C(\C=O)c1ccc(F)c(Cl)c1)Nc1ccnc(NC(C)=O)c1. The van der Waals surface area contributed by atoms with Gasteiger partial charge in [-0.15, -0.1) is 0 Å². The highest BCUT2D eigenvalue weighted by Crippen LogP contribution is 2.24. The first-order valence-corrected chi connectivity index (χ1v) is 9.29. The molecule has 29 heavy (non-hydrogen) atoms. The number of hydrogen-bond acceptors (Lipinski definition) is 5. The van der Waals surface area contributed by atoms with Gasteiger partial charge in [0.1, 0.15) is 11.6 Å². The van der Waals surface area contributed by atoms with Gasteiger partial charge < -0.3 is 16.0 Å². The number of carbonyl (C=O) groups excluding carboxylic acids is 2. The summed E-state index contributed by atoms with van der Waals surface area (Å²) in [7, 11) is 1.78. The summed E-state index contributed by atoms with van der Waals surface area (Å²) in [5.41, 5.74) is 2.96. The zero-order chi connectivity index (χ0) is 21.4. The Labute approximate surface area is 173 Å². The average molecular weight is 417 g/mol. The standard InChI is InChI=1S/C21H22ClFN4O2/c1-4-19(24-3)20(27-16-7-8-25-21(11-16)26-13(2)29)10-15(12-28)14-5-6-18(23)17(22)9-14/h5-12,24H,4H2,1-3H3,(H2,25,26,27,29)/b15-10+,20-19+. The second-order valence-electron chi connectivity index (χ2n) is 6.08. The van der Waals surface area contributed by atoms with Crippen LogP contribution in [0.25, 0.3) is 5.57 Å². The maximum absolute atomic E-state index is 13.5. The number of benzene rings is 1. The molecule has 1 aromatic heterocycles. The van der Waals surface area contributed by atoms with E-state index in [-0.39, 0.29) is 10.9 Å². The molecule has 0 bridgehead atoms. The van der Waals surface area contributed by atoms with E-state index in [1.807, 2.05) is 6.92 Å². The molecule has 0 saturated heterocycles. The molecule has 6 nitrogen and oxygen atoms in total. The average Bonchev–Trinajstić information content (AvgIpc) is 2.68. The highest BCUT2D eigenvalue weighted by molar-refractivity contribution is 6.31. The Morgan fingerprint density at radius 3 is 2.59 bits per heavy atom. The maximum Gasteiger partial charge on any atom is 0.222 e. The van der Waals surface area contributed by atoms with E-state index in [1.165, 1.54) is 25.1 Å². The molecule has 1 heterocycles. The number of aromatic nitrogens is 1. The van der Waals surface area contributed by atoms with Crippen LogP contribution < -0.4 is 16.0 Å². The molecule has 8 heteroatoms. The molecule has 2 aromatic rings. The number of allylic oxidation sites excluding steroid dienone is 3. The van der Waals surface area contributed by atoms with Crippen LogP contribution in [0, 0.1) is 5.82 Å². The van der Waals surface area contributed by atoms with Crippen molar-refractivity contribution in [2.75, 3.05) is 17.7 Å². The minimum atomic E-state index is -0.554. The fourth-order valence-electron chi connectivity index (χ4n) is 2.63. The summed E-state index contributed by atoms with van der Waals surface area (Å²) in [6.07, 6.45) is 4.56. The van der Waals surface area contributed by atoms with Gasteiger partial charge in [-0.2, -0.15) is 0 Å². The monoisotopic (exact) mass is 416 g/mol. The molecule has 0 unspecified atom stereocenters. The van der Waals surface area contributed by atoms with E-state index in [2.05, 4.69) is 20.9 Å². The molecule has 3 N–H and O–H groups in total. The maximum atomic E-state index is 13.5. The summed E-state index contributed by atoms with van der Waals surface area (Å²) in [6, 6.07) is 7.52. The lowest BCUT2D eigenvalue weighted by Crippen LogP contribution is -2.13. The van der Waals surface area contributed by atoms with Crippen molar-refractivity contribution in [2.24, 2.45) is 0 Å². The van der Waals surface area contributed by atoms with Gasteiger partial charge in [0.2, 0.25) is 5.91 Å². The van der Waals surface area contributed by atoms with Crippen LogP contribution in [0.2, 0.25) is 5.02 Å². The minimum Gasteiger partial charge on any atom is -0.390 e. The summed E-state index contributed by atoms with van der Waals surface area (Å²) < 4.78 is 13.5. The Morgan fingerprint density at radius 2 is 2.00 bits per heavy atom. The summed E-state index contributed by atoms with van der Waals surface area (Å²) >= 11 is 5.86. The Kier molecular flexibility index (Phi) is 7.91. The highest BCUT2D eigenvalue weighted by atomic mass is 35.5. The van der Waals surface area contributed by atoms with Gasteiger partial charge in [0, 0.05) is 43.2 Å². The van der Waals surface area contributed by atoms with Crippen molar-refractivity contribution >= 4 is 40.9 Å². The Morgan fingerprint density at radius 1 is 1.24 bits per heavy atom. The smallest absolute Gasteiger partial charge is 0.222 e. The number of aldehydes is 1. The second-order valence-corrected chi connectivity index (χ2v) is 6.49. The normalized spacial score (nSPS) is 12.1. The zero-order valence-electron chi connectivity index (χ0n) is 16.3. The first-order chi connectivity index (χ1) is 13.9. The second kappa shape index (κ2) is 10.4. The Bertz CT molecular complexity index is 967. The molecule has 0 radical (unpaired) electrons. The number of carbonyl (C=O) groups is 2. The third kappa shape index (κ3) is 6.15. The minimum absolute atomic E-state index is 0.0628. The number of halogens is 2. The van der Waals surface area contributed by atoms with Crippen LogP contribution >= 0.6 is 11.6 Å². The molecule has 1 amide bonds. The molecule has 2 rings (SSSR count). The lowest BCUT2D eigenvalue weighted by Gasteiger charge is -2.15. The van der Waals surface area contributed by atoms with Crippen molar-refractivity contribution in [3.8, 4) is 0 Å². The van der Waals surface area contributed by atoms with Crippen LogP contribution in [0.4, 0.5) is 15.9 Å². The number of pyridine rings is 1. The van der Waals surface area contributed by atoms with E-state index in [0.29, 0.717) is 41.0 Å². The molecule has 0 saturated carbocycles. The summed E-state index contributed by atoms with van der Waals surface area (Å²) in [6.45, 7) is 3.36. The molecule has 0 fully saturated rings.